The molecule has 2 aromatic carbocycles. The van der Waals surface area contributed by atoms with Crippen LogP contribution in [-0.4, -0.2) is 42.5 Å². The first kappa shape index (κ1) is 20.4. The zero-order valence-corrected chi connectivity index (χ0v) is 18.1. The summed E-state index contributed by atoms with van der Waals surface area (Å²) in [6.45, 7) is 5.25. The van der Waals surface area contributed by atoms with E-state index in [-0.39, 0.29) is 30.4 Å². The van der Waals surface area contributed by atoms with Crippen molar-refractivity contribution in [1.29, 1.82) is 0 Å². The summed E-state index contributed by atoms with van der Waals surface area (Å²) in [7, 11) is 0. The van der Waals surface area contributed by atoms with Crippen molar-refractivity contribution in [1.82, 2.24) is 10.2 Å². The zero-order valence-electron chi connectivity index (χ0n) is 17.3. The fourth-order valence-corrected chi connectivity index (χ4v) is 5.14. The minimum Gasteiger partial charge on any atom is -0.484 e. The molecule has 1 saturated heterocycles. The molecular weight excluding hydrogens is 396 g/mol. The van der Waals surface area contributed by atoms with Crippen LogP contribution in [0.4, 0.5) is 0 Å². The number of hydrogen-bond acceptors (Lipinski definition) is 4. The van der Waals surface area contributed by atoms with Gasteiger partial charge in [-0.05, 0) is 49.4 Å². The number of hydrogen-bond donors (Lipinski definition) is 1. The number of nitrogens with one attached hydrogen (secondary N) is 1. The predicted octanol–water partition coefficient (Wildman–Crippen LogP) is 4.43. The Morgan fingerprint density at radius 2 is 1.87 bits per heavy atom. The SMILES string of the molecule is CC(C)NC(=O)c1sc2ccccc2c1[C@H]1CCN(C(=O)COc2ccccc2)C1. The van der Waals surface area contributed by atoms with E-state index in [1.54, 1.807) is 0 Å². The Kier molecular flexibility index (Phi) is 6.04. The van der Waals surface area contributed by atoms with E-state index < -0.39 is 0 Å². The van der Waals surface area contributed by atoms with E-state index >= 15 is 0 Å². The summed E-state index contributed by atoms with van der Waals surface area (Å²) in [6, 6.07) is 17.6. The maximum absolute atomic E-state index is 12.9. The van der Waals surface area contributed by atoms with Crippen LogP contribution in [0.1, 0.15) is 41.4 Å². The second kappa shape index (κ2) is 8.88. The van der Waals surface area contributed by atoms with Crippen molar-refractivity contribution in [2.24, 2.45) is 0 Å². The minimum absolute atomic E-state index is 0.0194. The molecule has 0 radical (unpaired) electrons. The molecule has 5 nitrogen and oxygen atoms in total. The van der Waals surface area contributed by atoms with Gasteiger partial charge in [-0.15, -0.1) is 11.3 Å². The average molecular weight is 423 g/mol. The van der Waals surface area contributed by atoms with Gasteiger partial charge in [0.1, 0.15) is 5.75 Å². The number of para-hydroxylation sites is 1. The first-order chi connectivity index (χ1) is 14.5. The summed E-state index contributed by atoms with van der Waals surface area (Å²) in [4.78, 5) is 28.2. The fraction of sp³-hybridized carbons (Fsp3) is 0.333. The van der Waals surface area contributed by atoms with E-state index in [1.807, 2.05) is 61.2 Å². The van der Waals surface area contributed by atoms with Crippen LogP contribution < -0.4 is 10.1 Å². The normalized spacial score (nSPS) is 16.2. The van der Waals surface area contributed by atoms with Gasteiger partial charge >= 0.3 is 0 Å². The van der Waals surface area contributed by atoms with Gasteiger partial charge in [0.2, 0.25) is 0 Å². The van der Waals surface area contributed by atoms with Crippen molar-refractivity contribution in [2.75, 3.05) is 19.7 Å². The number of thiophene rings is 1. The van der Waals surface area contributed by atoms with Gasteiger partial charge in [-0.2, -0.15) is 0 Å². The molecule has 0 spiro atoms. The lowest BCUT2D eigenvalue weighted by Gasteiger charge is -2.18. The number of rotatable bonds is 6. The average Bonchev–Trinajstić information content (AvgIpc) is 3.37. The summed E-state index contributed by atoms with van der Waals surface area (Å²) in [5, 5.41) is 4.15. The Bertz CT molecular complexity index is 1050. The van der Waals surface area contributed by atoms with Gasteiger partial charge in [0.15, 0.2) is 6.61 Å². The third-order valence-corrected chi connectivity index (χ3v) is 6.50. The van der Waals surface area contributed by atoms with Gasteiger partial charge in [-0.3, -0.25) is 9.59 Å². The van der Waals surface area contributed by atoms with Gasteiger partial charge < -0.3 is 15.0 Å². The minimum atomic E-state index is -0.0293. The van der Waals surface area contributed by atoms with Gasteiger partial charge in [0.05, 0.1) is 4.88 Å². The van der Waals surface area contributed by atoms with E-state index in [0.717, 1.165) is 26.9 Å². The molecule has 2 amide bonds. The molecule has 156 valence electrons. The van der Waals surface area contributed by atoms with Crippen molar-refractivity contribution >= 4 is 33.2 Å². The molecular formula is C24H26N2O3S. The van der Waals surface area contributed by atoms with E-state index in [9.17, 15) is 9.59 Å². The quantitative estimate of drug-likeness (QED) is 0.639. The Balaban J connectivity index is 1.52. The van der Waals surface area contributed by atoms with E-state index in [1.165, 1.54) is 11.3 Å². The lowest BCUT2D eigenvalue weighted by molar-refractivity contribution is -0.132. The maximum Gasteiger partial charge on any atom is 0.261 e. The molecule has 1 atom stereocenters. The van der Waals surface area contributed by atoms with Gasteiger partial charge in [-0.1, -0.05) is 36.4 Å². The van der Waals surface area contributed by atoms with E-state index in [4.69, 9.17) is 4.74 Å². The lowest BCUT2D eigenvalue weighted by atomic mass is 9.95. The van der Waals surface area contributed by atoms with Crippen LogP contribution in [0.2, 0.25) is 0 Å². The number of amides is 2. The van der Waals surface area contributed by atoms with Crippen LogP contribution in [0, 0.1) is 0 Å². The third-order valence-electron chi connectivity index (χ3n) is 5.31. The highest BCUT2D eigenvalue weighted by Crippen LogP contribution is 2.40. The van der Waals surface area contributed by atoms with Crippen molar-refractivity contribution < 1.29 is 14.3 Å². The number of nitrogens with zero attached hydrogens (tertiary/aromatic N) is 1. The highest BCUT2D eigenvalue weighted by Gasteiger charge is 2.32. The number of likely N-dealkylation sites (tertiary alicyclic amines) is 1. The molecule has 4 rings (SSSR count). The molecule has 0 unspecified atom stereocenters. The Morgan fingerprint density at radius 3 is 2.63 bits per heavy atom. The summed E-state index contributed by atoms with van der Waals surface area (Å²) in [5.41, 5.74) is 1.08. The highest BCUT2D eigenvalue weighted by atomic mass is 32.1. The van der Waals surface area contributed by atoms with Crippen LogP contribution in [0.25, 0.3) is 10.1 Å². The zero-order chi connectivity index (χ0) is 21.1. The van der Waals surface area contributed by atoms with E-state index in [0.29, 0.717) is 18.8 Å². The molecule has 3 aromatic rings. The molecule has 30 heavy (non-hydrogen) atoms. The predicted molar refractivity (Wildman–Crippen MR) is 120 cm³/mol. The largest absolute Gasteiger partial charge is 0.484 e. The number of carbonyl (C=O) groups excluding carboxylic acids is 2. The molecule has 1 aromatic heterocycles. The molecule has 1 fully saturated rings. The Hall–Kier alpha value is -2.86. The van der Waals surface area contributed by atoms with Gasteiger partial charge in [0.25, 0.3) is 11.8 Å². The maximum atomic E-state index is 12.9. The first-order valence-corrected chi connectivity index (χ1v) is 11.1. The van der Waals surface area contributed by atoms with Crippen LogP contribution in [0.15, 0.2) is 54.6 Å². The lowest BCUT2D eigenvalue weighted by Crippen LogP contribution is -2.33. The van der Waals surface area contributed by atoms with Crippen molar-refractivity contribution in [3.63, 3.8) is 0 Å². The van der Waals surface area contributed by atoms with Crippen molar-refractivity contribution in [3.05, 3.63) is 65.0 Å². The number of fused-ring (bicyclic) bond motifs is 1. The highest BCUT2D eigenvalue weighted by molar-refractivity contribution is 7.21. The van der Waals surface area contributed by atoms with Crippen LogP contribution in [0.3, 0.4) is 0 Å². The topological polar surface area (TPSA) is 58.6 Å². The van der Waals surface area contributed by atoms with Crippen LogP contribution in [0.5, 0.6) is 5.75 Å². The summed E-state index contributed by atoms with van der Waals surface area (Å²) in [6.07, 6.45) is 0.847. The second-order valence-electron chi connectivity index (χ2n) is 7.90. The van der Waals surface area contributed by atoms with Crippen molar-refractivity contribution in [3.8, 4) is 5.75 Å². The number of carbonyl (C=O) groups is 2. The molecule has 1 aliphatic rings. The first-order valence-electron chi connectivity index (χ1n) is 10.3. The molecule has 0 saturated carbocycles. The summed E-state index contributed by atoms with van der Waals surface area (Å²) < 4.78 is 6.74. The smallest absolute Gasteiger partial charge is 0.261 e. The Morgan fingerprint density at radius 1 is 1.13 bits per heavy atom. The summed E-state index contributed by atoms with van der Waals surface area (Å²) >= 11 is 1.54. The van der Waals surface area contributed by atoms with Crippen LogP contribution >= 0.6 is 11.3 Å². The summed E-state index contributed by atoms with van der Waals surface area (Å²) in [5.74, 6) is 0.792. The van der Waals surface area contributed by atoms with Gasteiger partial charge in [-0.25, -0.2) is 0 Å². The fourth-order valence-electron chi connectivity index (χ4n) is 3.94. The van der Waals surface area contributed by atoms with Gasteiger partial charge in [0, 0.05) is 29.7 Å². The third kappa shape index (κ3) is 4.33. The van der Waals surface area contributed by atoms with E-state index in [2.05, 4.69) is 17.4 Å². The molecule has 0 aliphatic carbocycles. The van der Waals surface area contributed by atoms with Crippen molar-refractivity contribution in [2.45, 2.75) is 32.2 Å². The number of benzene rings is 2. The molecule has 0 bridgehead atoms. The molecule has 1 aliphatic heterocycles. The Labute approximate surface area is 180 Å². The molecule has 6 heteroatoms. The van der Waals surface area contributed by atoms with Crippen LogP contribution in [-0.2, 0) is 4.79 Å². The molecule has 1 N–H and O–H groups in total. The standard InChI is InChI=1S/C24H26N2O3S/c1-16(2)25-24(28)23-22(19-10-6-7-11-20(19)30-23)17-12-13-26(14-17)21(27)15-29-18-8-4-3-5-9-18/h3-11,16-17H,12-15H2,1-2H3,(H,25,28)/t17-/m0/s1. The second-order valence-corrected chi connectivity index (χ2v) is 8.95. The number of ether oxygens (including phenoxy) is 1. The monoisotopic (exact) mass is 422 g/mol. The molecule has 2 heterocycles.